The van der Waals surface area contributed by atoms with E-state index in [4.69, 9.17) is 0 Å². The Labute approximate surface area is 127 Å². The Morgan fingerprint density at radius 1 is 1.15 bits per heavy atom. The third kappa shape index (κ3) is 3.15. The van der Waals surface area contributed by atoms with Crippen molar-refractivity contribution in [3.8, 4) is 6.07 Å². The van der Waals surface area contributed by atoms with Crippen molar-refractivity contribution in [1.82, 2.24) is 0 Å². The first-order valence-corrected chi connectivity index (χ1v) is 7.08. The lowest BCUT2D eigenvalue weighted by Crippen LogP contribution is -2.11. The number of ketones is 1. The van der Waals surface area contributed by atoms with Gasteiger partial charge in [-0.25, -0.2) is 0 Å². The first-order chi connectivity index (χ1) is 9.51. The lowest BCUT2D eigenvalue weighted by Gasteiger charge is -2.10. The second-order valence-corrected chi connectivity index (χ2v) is 5.77. The second-order valence-electron chi connectivity index (χ2n) is 4.86. The third-order valence-electron chi connectivity index (χ3n) is 3.08. The zero-order valence-corrected chi connectivity index (χ0v) is 12.9. The molecule has 0 N–H and O–H groups in total. The van der Waals surface area contributed by atoms with E-state index < -0.39 is 5.92 Å². The fourth-order valence-corrected chi connectivity index (χ4v) is 2.67. The van der Waals surface area contributed by atoms with Crippen LogP contribution in [0.25, 0.3) is 0 Å². The topological polar surface area (TPSA) is 40.9 Å². The minimum Gasteiger partial charge on any atom is -0.292 e. The molecule has 0 fully saturated rings. The highest BCUT2D eigenvalue weighted by molar-refractivity contribution is 9.10. The summed E-state index contributed by atoms with van der Waals surface area (Å²) in [6.07, 6.45) is 0. The molecule has 0 amide bonds. The summed E-state index contributed by atoms with van der Waals surface area (Å²) in [5, 5.41) is 9.35. The maximum absolute atomic E-state index is 12.6. The minimum absolute atomic E-state index is 0.155. The van der Waals surface area contributed by atoms with Crippen LogP contribution in [0.1, 0.15) is 33.0 Å². The third-order valence-corrected chi connectivity index (χ3v) is 3.57. The predicted octanol–water partition coefficient (Wildman–Crippen LogP) is 4.56. The Morgan fingerprint density at radius 2 is 1.80 bits per heavy atom. The van der Waals surface area contributed by atoms with E-state index in [0.717, 1.165) is 15.6 Å². The molecule has 2 nitrogen and oxygen atoms in total. The number of rotatable bonds is 3. The molecule has 0 saturated heterocycles. The van der Waals surface area contributed by atoms with Crippen molar-refractivity contribution in [2.45, 2.75) is 19.8 Å². The Kier molecular flexibility index (Phi) is 4.36. The number of halogens is 1. The van der Waals surface area contributed by atoms with Crippen LogP contribution in [0.5, 0.6) is 0 Å². The molecule has 0 aliphatic rings. The molecule has 0 saturated carbocycles. The largest absolute Gasteiger partial charge is 0.292 e. The lowest BCUT2D eigenvalue weighted by molar-refractivity contribution is 0.0978. The van der Waals surface area contributed by atoms with Gasteiger partial charge in [0, 0.05) is 10.0 Å². The van der Waals surface area contributed by atoms with Gasteiger partial charge in [0.05, 0.1) is 6.07 Å². The van der Waals surface area contributed by atoms with Crippen molar-refractivity contribution < 1.29 is 4.79 Å². The number of nitrogens with zero attached hydrogens (tertiary/aromatic N) is 1. The molecule has 2 aromatic carbocycles. The quantitative estimate of drug-likeness (QED) is 0.775. The van der Waals surface area contributed by atoms with Crippen molar-refractivity contribution in [2.24, 2.45) is 0 Å². The molecule has 3 heteroatoms. The molecule has 0 aromatic heterocycles. The predicted molar refractivity (Wildman–Crippen MR) is 82.7 cm³/mol. The van der Waals surface area contributed by atoms with Crippen LogP contribution >= 0.6 is 15.9 Å². The van der Waals surface area contributed by atoms with Gasteiger partial charge in [0.2, 0.25) is 0 Å². The van der Waals surface area contributed by atoms with Crippen LogP contribution in [0.2, 0.25) is 0 Å². The summed E-state index contributed by atoms with van der Waals surface area (Å²) in [6.45, 7) is 3.90. The smallest absolute Gasteiger partial charge is 0.184 e. The van der Waals surface area contributed by atoms with Crippen LogP contribution in [0, 0.1) is 25.2 Å². The van der Waals surface area contributed by atoms with Gasteiger partial charge >= 0.3 is 0 Å². The van der Waals surface area contributed by atoms with E-state index in [9.17, 15) is 10.1 Å². The molecule has 1 atom stereocenters. The number of aryl methyl sites for hydroxylation is 2. The molecule has 0 radical (unpaired) electrons. The van der Waals surface area contributed by atoms with Crippen molar-refractivity contribution in [2.75, 3.05) is 0 Å². The molecule has 2 rings (SSSR count). The lowest BCUT2D eigenvalue weighted by atomic mass is 9.90. The van der Waals surface area contributed by atoms with Gasteiger partial charge in [0.15, 0.2) is 5.78 Å². The van der Waals surface area contributed by atoms with Crippen molar-refractivity contribution in [3.63, 3.8) is 0 Å². The number of hydrogen-bond acceptors (Lipinski definition) is 2. The fraction of sp³-hybridized carbons (Fsp3) is 0.176. The van der Waals surface area contributed by atoms with Crippen molar-refractivity contribution >= 4 is 21.7 Å². The molecule has 0 bridgehead atoms. The molecule has 100 valence electrons. The second kappa shape index (κ2) is 6.02. The highest BCUT2D eigenvalue weighted by atomic mass is 79.9. The summed E-state index contributed by atoms with van der Waals surface area (Å²) in [5.41, 5.74) is 3.36. The van der Waals surface area contributed by atoms with Crippen molar-refractivity contribution in [1.29, 1.82) is 5.26 Å². The highest BCUT2D eigenvalue weighted by Gasteiger charge is 2.22. The molecule has 2 aromatic rings. The SMILES string of the molecule is Cc1cc(C)cc(C(=O)C(C#N)c2cccc(Br)c2)c1. The van der Waals surface area contributed by atoms with Gasteiger partial charge in [0.1, 0.15) is 5.92 Å². The van der Waals surface area contributed by atoms with Gasteiger partial charge in [0.25, 0.3) is 0 Å². The summed E-state index contributed by atoms with van der Waals surface area (Å²) in [6, 6.07) is 15.1. The maximum Gasteiger partial charge on any atom is 0.184 e. The van der Waals surface area contributed by atoms with E-state index >= 15 is 0 Å². The minimum atomic E-state index is -0.770. The number of benzene rings is 2. The number of Topliss-reactive ketones (excluding diaryl/α,β-unsaturated/α-hetero) is 1. The summed E-state index contributed by atoms with van der Waals surface area (Å²) >= 11 is 3.37. The Bertz CT molecular complexity index is 680. The van der Waals surface area contributed by atoms with E-state index in [1.54, 1.807) is 6.07 Å². The van der Waals surface area contributed by atoms with Gasteiger partial charge in [-0.3, -0.25) is 4.79 Å². The highest BCUT2D eigenvalue weighted by Crippen LogP contribution is 2.24. The van der Waals surface area contributed by atoms with Crippen LogP contribution in [-0.4, -0.2) is 5.78 Å². The molecule has 0 aliphatic carbocycles. The molecular weight excluding hydrogens is 314 g/mol. The summed E-state index contributed by atoms with van der Waals surface area (Å²) in [5.74, 6) is -0.925. The van der Waals surface area contributed by atoms with E-state index in [0.29, 0.717) is 11.1 Å². The first kappa shape index (κ1) is 14.5. The number of carbonyl (C=O) groups excluding carboxylic acids is 1. The van der Waals surface area contributed by atoms with Gasteiger partial charge < -0.3 is 0 Å². The zero-order chi connectivity index (χ0) is 14.7. The van der Waals surface area contributed by atoms with Crippen molar-refractivity contribution in [3.05, 3.63) is 69.2 Å². The maximum atomic E-state index is 12.6. The van der Waals surface area contributed by atoms with Gasteiger partial charge in [-0.1, -0.05) is 45.3 Å². The number of carbonyl (C=O) groups is 1. The monoisotopic (exact) mass is 327 g/mol. The van der Waals surface area contributed by atoms with Gasteiger partial charge in [-0.15, -0.1) is 0 Å². The summed E-state index contributed by atoms with van der Waals surface area (Å²) < 4.78 is 0.864. The van der Waals surface area contributed by atoms with Crippen LogP contribution < -0.4 is 0 Å². The average Bonchev–Trinajstić information content (AvgIpc) is 2.38. The number of hydrogen-bond donors (Lipinski definition) is 0. The number of nitriles is 1. The molecule has 0 aliphatic heterocycles. The Hall–Kier alpha value is -1.92. The van der Waals surface area contributed by atoms with Gasteiger partial charge in [-0.2, -0.15) is 5.26 Å². The van der Waals surface area contributed by atoms with E-state index in [2.05, 4.69) is 22.0 Å². The standard InChI is InChI=1S/C17H14BrNO/c1-11-6-12(2)8-14(7-11)17(20)16(10-19)13-4-3-5-15(18)9-13/h3-9,16H,1-2H3. The van der Waals surface area contributed by atoms with E-state index in [-0.39, 0.29) is 5.78 Å². The zero-order valence-electron chi connectivity index (χ0n) is 11.4. The summed E-state index contributed by atoms with van der Waals surface area (Å²) in [4.78, 5) is 12.6. The van der Waals surface area contributed by atoms with Crippen LogP contribution in [0.4, 0.5) is 0 Å². The van der Waals surface area contributed by atoms with E-state index in [1.807, 2.05) is 50.2 Å². The molecule has 20 heavy (non-hydrogen) atoms. The van der Waals surface area contributed by atoms with Crippen LogP contribution in [0.15, 0.2) is 46.9 Å². The van der Waals surface area contributed by atoms with E-state index in [1.165, 1.54) is 0 Å². The fourth-order valence-electron chi connectivity index (χ4n) is 2.25. The molecular formula is C17H14BrNO. The first-order valence-electron chi connectivity index (χ1n) is 6.29. The summed E-state index contributed by atoms with van der Waals surface area (Å²) in [7, 11) is 0. The van der Waals surface area contributed by atoms with Gasteiger partial charge in [-0.05, 0) is 43.7 Å². The average molecular weight is 328 g/mol. The molecule has 0 heterocycles. The van der Waals surface area contributed by atoms with Crippen LogP contribution in [-0.2, 0) is 0 Å². The molecule has 1 unspecified atom stereocenters. The molecule has 0 spiro atoms. The normalized spacial score (nSPS) is 11.7. The van der Waals surface area contributed by atoms with Crippen LogP contribution in [0.3, 0.4) is 0 Å². The Balaban J connectivity index is 2.42. The Morgan fingerprint density at radius 3 is 2.35 bits per heavy atom.